The van der Waals surface area contributed by atoms with Crippen LogP contribution < -0.4 is 10.2 Å². The Hall–Kier alpha value is -3.26. The molecule has 1 unspecified atom stereocenters. The average molecular weight is 471 g/mol. The van der Waals surface area contributed by atoms with E-state index in [9.17, 15) is 28.0 Å². The molecule has 1 saturated carbocycles. The van der Waals surface area contributed by atoms with E-state index in [2.05, 4.69) is 12.3 Å². The minimum Gasteiger partial charge on any atom is -0.295 e. The molecule has 9 heteroatoms. The number of amides is 1. The lowest BCUT2D eigenvalue weighted by Gasteiger charge is -2.35. The van der Waals surface area contributed by atoms with E-state index in [0.29, 0.717) is 0 Å². The van der Waals surface area contributed by atoms with E-state index in [1.807, 2.05) is 17.1 Å². The lowest BCUT2D eigenvalue weighted by Crippen LogP contribution is -2.35. The molecule has 0 aliphatic heterocycles. The lowest BCUT2D eigenvalue weighted by atomic mass is 9.66. The molecule has 8 nitrogen and oxygen atoms in total. The third-order valence-electron chi connectivity index (χ3n) is 6.26. The zero-order valence-corrected chi connectivity index (χ0v) is 19.2. The number of sulfonamides is 1. The number of hydrogen-bond acceptors (Lipinski definition) is 7. The minimum atomic E-state index is -4.05. The molecular formula is C24H26N2O6S. The van der Waals surface area contributed by atoms with Crippen LogP contribution in [-0.4, -0.2) is 31.1 Å². The fourth-order valence-electron chi connectivity index (χ4n) is 4.66. The maximum Gasteiger partial charge on any atom is 0.264 e. The summed E-state index contributed by atoms with van der Waals surface area (Å²) in [5.41, 5.74) is 5.14. The van der Waals surface area contributed by atoms with Crippen molar-refractivity contribution in [2.75, 3.05) is 0 Å². The average Bonchev–Trinajstić information content (AvgIpc) is 2.99. The Morgan fingerprint density at radius 2 is 1.97 bits per heavy atom. The number of benzene rings is 1. The van der Waals surface area contributed by atoms with E-state index in [0.717, 1.165) is 5.56 Å². The number of ketones is 2. The molecule has 3 atom stereocenters. The minimum absolute atomic E-state index is 0.0313. The Morgan fingerprint density at radius 1 is 1.30 bits per heavy atom. The van der Waals surface area contributed by atoms with Crippen LogP contribution >= 0.6 is 0 Å². The largest absolute Gasteiger partial charge is 0.295 e. The zero-order chi connectivity index (χ0) is 24.4. The molecule has 33 heavy (non-hydrogen) atoms. The van der Waals surface area contributed by atoms with Crippen molar-refractivity contribution >= 4 is 27.5 Å². The van der Waals surface area contributed by atoms with Crippen molar-refractivity contribution in [2.45, 2.75) is 38.0 Å². The van der Waals surface area contributed by atoms with E-state index in [-0.39, 0.29) is 47.0 Å². The Bertz CT molecular complexity index is 1210. The van der Waals surface area contributed by atoms with Crippen LogP contribution in [0.1, 0.15) is 31.7 Å². The smallest absolute Gasteiger partial charge is 0.264 e. The van der Waals surface area contributed by atoms with Crippen molar-refractivity contribution in [2.24, 2.45) is 17.3 Å². The molecule has 0 saturated heterocycles. The number of allylic oxidation sites excluding steroid dienone is 5. The first kappa shape index (κ1) is 24.4. The lowest BCUT2D eigenvalue weighted by molar-refractivity contribution is -0.122. The third-order valence-corrected chi connectivity index (χ3v) is 7.65. The van der Waals surface area contributed by atoms with Gasteiger partial charge in [0.2, 0.25) is 5.91 Å². The standard InChI is InChI=1S/C24H26N2O6S/c1-4-12-24-13-11-17(27)14-20(24)22(16(3)25-30)23(29)19(24)9-10-21(28)26-33(31,32)18-7-5-15(2)6-8-18/h5-8,11-13,19-20,25,30H,1,9-10,14H2,2-3H3,(H,26,28)/b22-16-/t19-,20?,24-/m1/s1. The molecule has 1 aromatic rings. The highest BCUT2D eigenvalue weighted by Gasteiger charge is 2.57. The van der Waals surface area contributed by atoms with Crippen LogP contribution in [0, 0.1) is 24.2 Å². The van der Waals surface area contributed by atoms with Gasteiger partial charge in [-0.05, 0) is 44.6 Å². The van der Waals surface area contributed by atoms with Gasteiger partial charge in [0.1, 0.15) is 0 Å². The number of Topliss-reactive ketones (excluding diaryl/α,β-unsaturated/α-hetero) is 1. The van der Waals surface area contributed by atoms with Crippen LogP contribution in [0.25, 0.3) is 0 Å². The number of hydrogen-bond donors (Lipinski definition) is 3. The van der Waals surface area contributed by atoms with Gasteiger partial charge >= 0.3 is 0 Å². The highest BCUT2D eigenvalue weighted by Crippen LogP contribution is 2.56. The van der Waals surface area contributed by atoms with Gasteiger partial charge in [-0.25, -0.2) is 13.1 Å². The van der Waals surface area contributed by atoms with Crippen molar-refractivity contribution in [1.29, 1.82) is 0 Å². The van der Waals surface area contributed by atoms with Crippen LogP contribution in [0.3, 0.4) is 0 Å². The van der Waals surface area contributed by atoms with Crippen LogP contribution in [-0.2, 0) is 24.4 Å². The van der Waals surface area contributed by atoms with Gasteiger partial charge in [-0.1, -0.05) is 30.4 Å². The molecule has 1 amide bonds. The zero-order valence-electron chi connectivity index (χ0n) is 18.4. The van der Waals surface area contributed by atoms with Crippen molar-refractivity contribution in [3.8, 4) is 0 Å². The molecule has 0 spiro atoms. The van der Waals surface area contributed by atoms with Gasteiger partial charge < -0.3 is 0 Å². The Balaban J connectivity index is 1.87. The summed E-state index contributed by atoms with van der Waals surface area (Å²) in [4.78, 5) is 38.0. The SMILES string of the molecule is C=C=C[C@]12C=CC(=O)CC1/C(=C(\C)NO)C(=O)[C@H]2CCC(=O)NS(=O)(=O)c1ccc(C)cc1. The summed E-state index contributed by atoms with van der Waals surface area (Å²) in [6.45, 7) is 6.96. The number of fused-ring (bicyclic) bond motifs is 1. The quantitative estimate of drug-likeness (QED) is 0.317. The molecular weight excluding hydrogens is 444 g/mol. The van der Waals surface area contributed by atoms with Crippen molar-refractivity contribution in [3.05, 3.63) is 71.6 Å². The van der Waals surface area contributed by atoms with Gasteiger partial charge in [-0.3, -0.25) is 25.1 Å². The number of carbonyl (C=O) groups excluding carboxylic acids is 3. The number of carbonyl (C=O) groups is 3. The summed E-state index contributed by atoms with van der Waals surface area (Å²) < 4.78 is 27.1. The second kappa shape index (κ2) is 9.31. The Kier molecular flexibility index (Phi) is 6.88. The van der Waals surface area contributed by atoms with E-state index in [1.54, 1.807) is 24.3 Å². The second-order valence-electron chi connectivity index (χ2n) is 8.35. The van der Waals surface area contributed by atoms with E-state index >= 15 is 0 Å². The first-order valence-corrected chi connectivity index (χ1v) is 11.9. The first-order chi connectivity index (χ1) is 15.6. The van der Waals surface area contributed by atoms with Crippen molar-refractivity contribution in [1.82, 2.24) is 10.2 Å². The second-order valence-corrected chi connectivity index (χ2v) is 10.0. The molecule has 1 aromatic carbocycles. The summed E-state index contributed by atoms with van der Waals surface area (Å²) in [5.74, 6) is -2.54. The topological polar surface area (TPSA) is 130 Å². The normalized spacial score (nSPS) is 25.8. The molecule has 2 aliphatic carbocycles. The van der Waals surface area contributed by atoms with Crippen LogP contribution in [0.4, 0.5) is 0 Å². The highest BCUT2D eigenvalue weighted by molar-refractivity contribution is 7.90. The summed E-state index contributed by atoms with van der Waals surface area (Å²) in [5, 5.41) is 9.41. The van der Waals surface area contributed by atoms with Crippen LogP contribution in [0.15, 0.2) is 71.0 Å². The maximum absolute atomic E-state index is 13.3. The van der Waals surface area contributed by atoms with E-state index in [1.165, 1.54) is 25.1 Å². The monoisotopic (exact) mass is 470 g/mol. The number of hydroxylamine groups is 1. The van der Waals surface area contributed by atoms with Gasteiger partial charge in [-0.15, -0.1) is 5.73 Å². The predicted octanol–water partition coefficient (Wildman–Crippen LogP) is 2.50. The van der Waals surface area contributed by atoms with Gasteiger partial charge in [0.05, 0.1) is 4.90 Å². The van der Waals surface area contributed by atoms with E-state index < -0.39 is 33.2 Å². The number of rotatable bonds is 7. The summed E-state index contributed by atoms with van der Waals surface area (Å²) in [7, 11) is -4.05. The molecule has 0 bridgehead atoms. The van der Waals surface area contributed by atoms with Crippen LogP contribution in [0.5, 0.6) is 0 Å². The third kappa shape index (κ3) is 4.61. The molecule has 1 fully saturated rings. The fraction of sp³-hybridized carbons (Fsp3) is 0.333. The summed E-state index contributed by atoms with van der Waals surface area (Å²) in [6, 6.07) is 6.07. The molecule has 174 valence electrons. The summed E-state index contributed by atoms with van der Waals surface area (Å²) in [6.07, 6.45) is 4.49. The number of nitrogens with one attached hydrogen (secondary N) is 2. The van der Waals surface area contributed by atoms with Crippen LogP contribution in [0.2, 0.25) is 0 Å². The number of aryl methyl sites for hydroxylation is 1. The fourth-order valence-corrected chi connectivity index (χ4v) is 5.68. The first-order valence-electron chi connectivity index (χ1n) is 10.4. The van der Waals surface area contributed by atoms with Crippen molar-refractivity contribution < 1.29 is 28.0 Å². The Labute approximate surface area is 192 Å². The van der Waals surface area contributed by atoms with E-state index in [4.69, 9.17) is 0 Å². The predicted molar refractivity (Wildman–Crippen MR) is 120 cm³/mol. The molecule has 0 heterocycles. The molecule has 3 N–H and O–H groups in total. The molecule has 2 aliphatic rings. The molecule has 0 aromatic heterocycles. The maximum atomic E-state index is 13.3. The van der Waals surface area contributed by atoms with Gasteiger partial charge in [0.15, 0.2) is 11.6 Å². The van der Waals surface area contributed by atoms with Gasteiger partial charge in [0, 0.05) is 41.4 Å². The van der Waals surface area contributed by atoms with Crippen molar-refractivity contribution in [3.63, 3.8) is 0 Å². The summed E-state index contributed by atoms with van der Waals surface area (Å²) >= 11 is 0. The molecule has 0 radical (unpaired) electrons. The molecule has 3 rings (SSSR count). The van der Waals surface area contributed by atoms with Gasteiger partial charge in [-0.2, -0.15) is 0 Å². The Morgan fingerprint density at radius 3 is 2.58 bits per heavy atom. The highest BCUT2D eigenvalue weighted by atomic mass is 32.2. The van der Waals surface area contributed by atoms with Gasteiger partial charge in [0.25, 0.3) is 10.0 Å².